The van der Waals surface area contributed by atoms with E-state index in [9.17, 15) is 19.3 Å². The molecule has 8 heteroatoms. The maximum atomic E-state index is 13.1. The number of carbonyl (C=O) groups is 1. The molecule has 24 heavy (non-hydrogen) atoms. The Balaban J connectivity index is 1.95. The Kier molecular flexibility index (Phi) is 3.95. The van der Waals surface area contributed by atoms with E-state index in [2.05, 4.69) is 5.10 Å². The van der Waals surface area contributed by atoms with Crippen molar-refractivity contribution in [3.05, 3.63) is 75.6 Å². The summed E-state index contributed by atoms with van der Waals surface area (Å²) in [5.41, 5.74) is 0.800. The topological polar surface area (TPSA) is 85.0 Å². The van der Waals surface area contributed by atoms with E-state index in [4.69, 9.17) is 4.74 Å². The standard InChI is InChI=1S/C16H12FN3O4/c1-10(21)19-16(11-5-7-13(17)8-6-11)24-15(18-19)12-3-2-4-14(9-12)20(22)23/h2-9,16H,1H3/t16-/m0/s1. The Morgan fingerprint density at radius 1 is 1.29 bits per heavy atom. The molecule has 0 saturated heterocycles. The van der Waals surface area contributed by atoms with Crippen LogP contribution in [-0.4, -0.2) is 21.7 Å². The van der Waals surface area contributed by atoms with Crippen LogP contribution >= 0.6 is 0 Å². The highest BCUT2D eigenvalue weighted by Gasteiger charge is 2.33. The van der Waals surface area contributed by atoms with Crippen LogP contribution in [0.2, 0.25) is 0 Å². The second kappa shape index (κ2) is 6.07. The van der Waals surface area contributed by atoms with E-state index in [-0.39, 0.29) is 17.5 Å². The van der Waals surface area contributed by atoms with Gasteiger partial charge < -0.3 is 4.74 Å². The predicted molar refractivity (Wildman–Crippen MR) is 82.4 cm³/mol. The number of non-ortho nitro benzene ring substituents is 1. The van der Waals surface area contributed by atoms with Gasteiger partial charge in [-0.2, -0.15) is 5.01 Å². The number of hydrazone groups is 1. The average molecular weight is 329 g/mol. The van der Waals surface area contributed by atoms with Gasteiger partial charge in [0, 0.05) is 30.2 Å². The van der Waals surface area contributed by atoms with E-state index in [1.807, 2.05) is 0 Å². The number of hydrogen-bond donors (Lipinski definition) is 0. The van der Waals surface area contributed by atoms with Gasteiger partial charge >= 0.3 is 0 Å². The fraction of sp³-hybridized carbons (Fsp3) is 0.125. The molecule has 0 bridgehead atoms. The van der Waals surface area contributed by atoms with Crippen molar-refractivity contribution in [1.82, 2.24) is 5.01 Å². The van der Waals surface area contributed by atoms with E-state index >= 15 is 0 Å². The predicted octanol–water partition coefficient (Wildman–Crippen LogP) is 2.97. The first-order valence-corrected chi connectivity index (χ1v) is 7.01. The molecule has 2 aromatic carbocycles. The number of amides is 1. The zero-order valence-electron chi connectivity index (χ0n) is 12.5. The van der Waals surface area contributed by atoms with Crippen LogP contribution in [0.5, 0.6) is 0 Å². The smallest absolute Gasteiger partial charge is 0.270 e. The van der Waals surface area contributed by atoms with Crippen molar-refractivity contribution in [3.63, 3.8) is 0 Å². The van der Waals surface area contributed by atoms with E-state index < -0.39 is 17.0 Å². The van der Waals surface area contributed by atoms with Gasteiger partial charge in [0.2, 0.25) is 18.0 Å². The fourth-order valence-electron chi connectivity index (χ4n) is 2.28. The number of carbonyl (C=O) groups excluding carboxylic acids is 1. The zero-order chi connectivity index (χ0) is 17.3. The van der Waals surface area contributed by atoms with Crippen LogP contribution in [0.3, 0.4) is 0 Å². The molecule has 1 aliphatic rings. The summed E-state index contributed by atoms with van der Waals surface area (Å²) in [4.78, 5) is 22.2. The van der Waals surface area contributed by atoms with Gasteiger partial charge in [-0.15, -0.1) is 5.10 Å². The first kappa shape index (κ1) is 15.6. The monoisotopic (exact) mass is 329 g/mol. The van der Waals surface area contributed by atoms with Gasteiger partial charge in [-0.3, -0.25) is 14.9 Å². The van der Waals surface area contributed by atoms with E-state index in [1.54, 1.807) is 6.07 Å². The second-order valence-electron chi connectivity index (χ2n) is 5.10. The Hall–Kier alpha value is -3.29. The van der Waals surface area contributed by atoms with E-state index in [0.29, 0.717) is 11.1 Å². The molecular weight excluding hydrogens is 317 g/mol. The Morgan fingerprint density at radius 2 is 2.00 bits per heavy atom. The summed E-state index contributed by atoms with van der Waals surface area (Å²) in [6.45, 7) is 1.32. The van der Waals surface area contributed by atoms with Crippen molar-refractivity contribution >= 4 is 17.5 Å². The van der Waals surface area contributed by atoms with Crippen LogP contribution in [0.15, 0.2) is 53.6 Å². The summed E-state index contributed by atoms with van der Waals surface area (Å²) >= 11 is 0. The highest BCUT2D eigenvalue weighted by atomic mass is 19.1. The molecule has 122 valence electrons. The first-order chi connectivity index (χ1) is 11.5. The van der Waals surface area contributed by atoms with Crippen LogP contribution in [0.25, 0.3) is 0 Å². The number of nitrogens with zero attached hydrogens (tertiary/aromatic N) is 3. The van der Waals surface area contributed by atoms with Crippen LogP contribution in [0.1, 0.15) is 24.3 Å². The number of hydrogen-bond acceptors (Lipinski definition) is 5. The van der Waals surface area contributed by atoms with Crippen LogP contribution in [0, 0.1) is 15.9 Å². The number of nitro benzene ring substituents is 1. The van der Waals surface area contributed by atoms with E-state index in [1.165, 1.54) is 49.4 Å². The summed E-state index contributed by atoms with van der Waals surface area (Å²) in [7, 11) is 0. The largest absolute Gasteiger partial charge is 0.446 e. The summed E-state index contributed by atoms with van der Waals surface area (Å²) in [6.07, 6.45) is -0.850. The minimum atomic E-state index is -0.850. The fourth-order valence-corrected chi connectivity index (χ4v) is 2.28. The maximum absolute atomic E-state index is 13.1. The summed E-state index contributed by atoms with van der Waals surface area (Å²) in [5.74, 6) is -0.695. The van der Waals surface area contributed by atoms with Crippen molar-refractivity contribution < 1.29 is 18.8 Å². The Labute approximate surface area is 136 Å². The maximum Gasteiger partial charge on any atom is 0.270 e. The molecule has 1 amide bonds. The lowest BCUT2D eigenvalue weighted by Gasteiger charge is -2.19. The van der Waals surface area contributed by atoms with E-state index in [0.717, 1.165) is 5.01 Å². The third-order valence-electron chi connectivity index (χ3n) is 3.43. The third-order valence-corrected chi connectivity index (χ3v) is 3.43. The summed E-state index contributed by atoms with van der Waals surface area (Å²) in [5, 5.41) is 16.1. The Morgan fingerprint density at radius 3 is 2.62 bits per heavy atom. The number of ether oxygens (including phenoxy) is 1. The number of benzene rings is 2. The molecule has 0 saturated carbocycles. The molecule has 0 N–H and O–H groups in total. The average Bonchev–Trinajstić information content (AvgIpc) is 3.01. The van der Waals surface area contributed by atoms with Gasteiger partial charge in [-0.05, 0) is 18.2 Å². The highest BCUT2D eigenvalue weighted by molar-refractivity contribution is 5.96. The minimum absolute atomic E-state index is 0.0863. The van der Waals surface area contributed by atoms with Gasteiger partial charge in [-0.1, -0.05) is 18.2 Å². The highest BCUT2D eigenvalue weighted by Crippen LogP contribution is 2.30. The molecular formula is C16H12FN3O4. The van der Waals surface area contributed by atoms with Crippen LogP contribution < -0.4 is 0 Å². The molecule has 0 aromatic heterocycles. The van der Waals surface area contributed by atoms with Crippen molar-refractivity contribution in [3.8, 4) is 0 Å². The Bertz CT molecular complexity index is 835. The molecule has 3 rings (SSSR count). The summed E-state index contributed by atoms with van der Waals surface area (Å²) < 4.78 is 18.8. The number of nitro groups is 1. The SMILES string of the molecule is CC(=O)N1N=C(c2cccc([N+](=O)[O-])c2)O[C@H]1c1ccc(F)cc1. The van der Waals surface area contributed by atoms with Crippen molar-refractivity contribution in [1.29, 1.82) is 0 Å². The first-order valence-electron chi connectivity index (χ1n) is 7.01. The molecule has 0 unspecified atom stereocenters. The zero-order valence-corrected chi connectivity index (χ0v) is 12.5. The van der Waals surface area contributed by atoms with Gasteiger partial charge in [0.05, 0.1) is 4.92 Å². The molecule has 0 spiro atoms. The normalized spacial score (nSPS) is 16.5. The quantitative estimate of drug-likeness (QED) is 0.640. The molecule has 7 nitrogen and oxygen atoms in total. The molecule has 1 heterocycles. The molecule has 1 atom stereocenters. The molecule has 0 fully saturated rings. The number of rotatable bonds is 3. The summed E-state index contributed by atoms with van der Waals surface area (Å²) in [6, 6.07) is 11.2. The van der Waals surface area contributed by atoms with Crippen molar-refractivity contribution in [2.75, 3.05) is 0 Å². The molecule has 2 aromatic rings. The number of halogens is 1. The lowest BCUT2D eigenvalue weighted by atomic mass is 10.2. The lowest BCUT2D eigenvalue weighted by Crippen LogP contribution is -2.25. The van der Waals surface area contributed by atoms with Crippen molar-refractivity contribution in [2.24, 2.45) is 5.10 Å². The third kappa shape index (κ3) is 2.94. The van der Waals surface area contributed by atoms with Crippen LogP contribution in [-0.2, 0) is 9.53 Å². The van der Waals surface area contributed by atoms with Gasteiger partial charge in [0.15, 0.2) is 0 Å². The second-order valence-corrected chi connectivity index (χ2v) is 5.10. The van der Waals surface area contributed by atoms with Crippen LogP contribution in [0.4, 0.5) is 10.1 Å². The van der Waals surface area contributed by atoms with Gasteiger partial charge in [0.1, 0.15) is 5.82 Å². The molecule has 0 aliphatic carbocycles. The lowest BCUT2D eigenvalue weighted by molar-refractivity contribution is -0.384. The molecule has 0 radical (unpaired) electrons. The van der Waals surface area contributed by atoms with Gasteiger partial charge in [-0.25, -0.2) is 4.39 Å². The van der Waals surface area contributed by atoms with Crippen molar-refractivity contribution in [2.45, 2.75) is 13.2 Å². The minimum Gasteiger partial charge on any atom is -0.446 e. The van der Waals surface area contributed by atoms with Gasteiger partial charge in [0.25, 0.3) is 5.69 Å². The molecule has 1 aliphatic heterocycles.